The van der Waals surface area contributed by atoms with Crippen LogP contribution in [0.25, 0.3) is 6.08 Å². The second kappa shape index (κ2) is 7.88. The zero-order valence-corrected chi connectivity index (χ0v) is 14.6. The van der Waals surface area contributed by atoms with Gasteiger partial charge in [-0.15, -0.1) is 0 Å². The van der Waals surface area contributed by atoms with Crippen LogP contribution in [-0.2, 0) is 4.79 Å². The monoisotopic (exact) mass is 341 g/mol. The van der Waals surface area contributed by atoms with Gasteiger partial charge in [-0.25, -0.2) is 0 Å². The first-order chi connectivity index (χ1) is 12.2. The van der Waals surface area contributed by atoms with E-state index in [9.17, 15) is 4.79 Å². The van der Waals surface area contributed by atoms with Crippen LogP contribution in [0, 0.1) is 0 Å². The second-order valence-corrected chi connectivity index (χ2v) is 6.11. The predicted molar refractivity (Wildman–Crippen MR) is 95.7 cm³/mol. The second-order valence-electron chi connectivity index (χ2n) is 6.11. The number of likely N-dealkylation sites (tertiary alicyclic amines) is 1. The van der Waals surface area contributed by atoms with Crippen LogP contribution in [0.3, 0.4) is 0 Å². The summed E-state index contributed by atoms with van der Waals surface area (Å²) in [5.41, 5.74) is 1.96. The summed E-state index contributed by atoms with van der Waals surface area (Å²) in [5.74, 6) is 1.74. The number of carbonyl (C=O) groups is 1. The topological polar surface area (TPSA) is 67.5 Å². The molecule has 6 nitrogen and oxygen atoms in total. The van der Waals surface area contributed by atoms with Gasteiger partial charge in [-0.1, -0.05) is 0 Å². The van der Waals surface area contributed by atoms with E-state index in [1.165, 1.54) is 0 Å². The van der Waals surface area contributed by atoms with Gasteiger partial charge in [0.15, 0.2) is 0 Å². The summed E-state index contributed by atoms with van der Waals surface area (Å²) in [6, 6.07) is 7.53. The van der Waals surface area contributed by atoms with E-state index in [0.29, 0.717) is 24.0 Å². The number of hydrogen-bond acceptors (Lipinski definition) is 4. The average molecular weight is 341 g/mol. The third-order valence-electron chi connectivity index (χ3n) is 4.49. The summed E-state index contributed by atoms with van der Waals surface area (Å²) in [5, 5.41) is 7.03. The van der Waals surface area contributed by atoms with Crippen molar-refractivity contribution in [1.29, 1.82) is 0 Å². The number of aromatic amines is 1. The Kier molecular flexibility index (Phi) is 5.38. The average Bonchev–Trinajstić information content (AvgIpc) is 3.20. The van der Waals surface area contributed by atoms with Crippen molar-refractivity contribution in [3.8, 4) is 11.5 Å². The fraction of sp³-hybridized carbons (Fsp3) is 0.368. The van der Waals surface area contributed by atoms with Gasteiger partial charge in [0.2, 0.25) is 5.91 Å². The molecule has 1 atom stereocenters. The van der Waals surface area contributed by atoms with Crippen molar-refractivity contribution in [3.63, 3.8) is 0 Å². The van der Waals surface area contributed by atoms with Crippen LogP contribution in [0.15, 0.2) is 36.5 Å². The number of piperidine rings is 1. The molecule has 25 heavy (non-hydrogen) atoms. The van der Waals surface area contributed by atoms with Crippen molar-refractivity contribution in [2.24, 2.45) is 0 Å². The summed E-state index contributed by atoms with van der Waals surface area (Å²) >= 11 is 0. The lowest BCUT2D eigenvalue weighted by molar-refractivity contribution is -0.127. The quantitative estimate of drug-likeness (QED) is 0.849. The molecule has 1 unspecified atom stereocenters. The van der Waals surface area contributed by atoms with E-state index in [1.54, 1.807) is 38.6 Å². The minimum Gasteiger partial charge on any atom is -0.497 e. The van der Waals surface area contributed by atoms with E-state index in [1.807, 2.05) is 23.1 Å². The van der Waals surface area contributed by atoms with Crippen molar-refractivity contribution in [2.75, 3.05) is 27.3 Å². The molecule has 1 aliphatic heterocycles. The van der Waals surface area contributed by atoms with Crippen LogP contribution in [0.5, 0.6) is 11.5 Å². The molecule has 0 aliphatic carbocycles. The lowest BCUT2D eigenvalue weighted by Gasteiger charge is -2.31. The Hall–Kier alpha value is -2.76. The smallest absolute Gasteiger partial charge is 0.246 e. The lowest BCUT2D eigenvalue weighted by Crippen LogP contribution is -2.38. The Morgan fingerprint density at radius 1 is 1.28 bits per heavy atom. The van der Waals surface area contributed by atoms with Crippen molar-refractivity contribution in [1.82, 2.24) is 15.1 Å². The number of aromatic nitrogens is 2. The molecule has 2 heterocycles. The van der Waals surface area contributed by atoms with Gasteiger partial charge >= 0.3 is 0 Å². The largest absolute Gasteiger partial charge is 0.497 e. The Labute approximate surface area is 147 Å². The van der Waals surface area contributed by atoms with Crippen LogP contribution < -0.4 is 9.47 Å². The van der Waals surface area contributed by atoms with Gasteiger partial charge in [0.05, 0.1) is 14.2 Å². The van der Waals surface area contributed by atoms with Crippen LogP contribution in [0.1, 0.15) is 30.0 Å². The number of rotatable bonds is 5. The number of H-pyrrole nitrogens is 1. The number of ether oxygens (including phenoxy) is 2. The fourth-order valence-electron chi connectivity index (χ4n) is 3.12. The minimum atomic E-state index is 0.0194. The third kappa shape index (κ3) is 4.21. The fourth-order valence-corrected chi connectivity index (χ4v) is 3.12. The van der Waals surface area contributed by atoms with Gasteiger partial charge in [-0.2, -0.15) is 5.10 Å². The van der Waals surface area contributed by atoms with Crippen molar-refractivity contribution >= 4 is 12.0 Å². The normalized spacial score (nSPS) is 17.7. The van der Waals surface area contributed by atoms with E-state index >= 15 is 0 Å². The van der Waals surface area contributed by atoms with Crippen LogP contribution in [-0.4, -0.2) is 48.3 Å². The van der Waals surface area contributed by atoms with E-state index in [0.717, 1.165) is 30.6 Å². The summed E-state index contributed by atoms with van der Waals surface area (Å²) in [4.78, 5) is 14.4. The standard InChI is InChI=1S/C19H23N3O3/c1-24-16-10-14(11-17(12-16)25-2)5-6-19(23)22-9-3-4-15(13-22)18-7-8-20-21-18/h5-8,10-12,15H,3-4,9,13H2,1-2H3,(H,20,21). The van der Waals surface area contributed by atoms with Crippen molar-refractivity contribution in [2.45, 2.75) is 18.8 Å². The molecule has 6 heteroatoms. The SMILES string of the molecule is COc1cc(C=CC(=O)N2CCCC(c3ccn[nH]3)C2)cc(OC)c1. The summed E-state index contributed by atoms with van der Waals surface area (Å²) in [6.45, 7) is 1.50. The number of amides is 1. The highest BCUT2D eigenvalue weighted by molar-refractivity contribution is 5.92. The predicted octanol–water partition coefficient (Wildman–Crippen LogP) is 2.85. The molecule has 1 N–H and O–H groups in total. The molecule has 132 valence electrons. The Bertz CT molecular complexity index is 718. The molecule has 1 aromatic carbocycles. The molecular formula is C19H23N3O3. The Morgan fingerprint density at radius 2 is 2.04 bits per heavy atom. The number of nitrogens with zero attached hydrogens (tertiary/aromatic N) is 2. The van der Waals surface area contributed by atoms with Crippen LogP contribution in [0.2, 0.25) is 0 Å². The number of carbonyl (C=O) groups excluding carboxylic acids is 1. The molecule has 1 fully saturated rings. The molecule has 3 rings (SSSR count). The molecule has 1 aromatic heterocycles. The van der Waals surface area contributed by atoms with E-state index in [2.05, 4.69) is 10.2 Å². The van der Waals surface area contributed by atoms with Gasteiger partial charge in [-0.3, -0.25) is 9.89 Å². The summed E-state index contributed by atoms with van der Waals surface area (Å²) < 4.78 is 10.5. The molecule has 0 radical (unpaired) electrons. The zero-order chi connectivity index (χ0) is 17.6. The van der Waals surface area contributed by atoms with Crippen LogP contribution in [0.4, 0.5) is 0 Å². The molecule has 1 aliphatic rings. The number of nitrogens with one attached hydrogen (secondary N) is 1. The van der Waals surface area contributed by atoms with E-state index < -0.39 is 0 Å². The van der Waals surface area contributed by atoms with Gasteiger partial charge in [0, 0.05) is 43.0 Å². The van der Waals surface area contributed by atoms with Gasteiger partial charge in [0.25, 0.3) is 0 Å². The van der Waals surface area contributed by atoms with Gasteiger partial charge in [0.1, 0.15) is 11.5 Å². The highest BCUT2D eigenvalue weighted by atomic mass is 16.5. The van der Waals surface area contributed by atoms with Crippen LogP contribution >= 0.6 is 0 Å². The van der Waals surface area contributed by atoms with E-state index in [4.69, 9.17) is 9.47 Å². The molecule has 0 bridgehead atoms. The molecular weight excluding hydrogens is 318 g/mol. The number of methoxy groups -OCH3 is 2. The summed E-state index contributed by atoms with van der Waals surface area (Å²) in [6.07, 6.45) is 7.24. The highest BCUT2D eigenvalue weighted by Gasteiger charge is 2.24. The zero-order valence-electron chi connectivity index (χ0n) is 14.6. The first-order valence-corrected chi connectivity index (χ1v) is 8.39. The van der Waals surface area contributed by atoms with Crippen molar-refractivity contribution < 1.29 is 14.3 Å². The first-order valence-electron chi connectivity index (χ1n) is 8.39. The first kappa shape index (κ1) is 17.1. The lowest BCUT2D eigenvalue weighted by atomic mass is 9.95. The maximum Gasteiger partial charge on any atom is 0.246 e. The molecule has 0 saturated carbocycles. The molecule has 1 saturated heterocycles. The Morgan fingerprint density at radius 3 is 2.68 bits per heavy atom. The molecule has 0 spiro atoms. The van der Waals surface area contributed by atoms with Gasteiger partial charge < -0.3 is 14.4 Å². The number of benzene rings is 1. The maximum atomic E-state index is 12.5. The minimum absolute atomic E-state index is 0.0194. The van der Waals surface area contributed by atoms with Gasteiger partial charge in [-0.05, 0) is 42.7 Å². The maximum absolute atomic E-state index is 12.5. The third-order valence-corrected chi connectivity index (χ3v) is 4.49. The van der Waals surface area contributed by atoms with E-state index in [-0.39, 0.29) is 5.91 Å². The highest BCUT2D eigenvalue weighted by Crippen LogP contribution is 2.26. The summed E-state index contributed by atoms with van der Waals surface area (Å²) in [7, 11) is 3.22. The molecule has 2 aromatic rings. The number of hydrogen-bond donors (Lipinski definition) is 1. The Balaban J connectivity index is 1.68. The molecule has 1 amide bonds. The van der Waals surface area contributed by atoms with Crippen molar-refractivity contribution in [3.05, 3.63) is 47.8 Å².